The highest BCUT2D eigenvalue weighted by molar-refractivity contribution is 7.12. The van der Waals surface area contributed by atoms with Crippen molar-refractivity contribution >= 4 is 11.3 Å². The summed E-state index contributed by atoms with van der Waals surface area (Å²) in [7, 11) is 0. The van der Waals surface area contributed by atoms with Gasteiger partial charge in [-0.15, -0.1) is 11.3 Å². The van der Waals surface area contributed by atoms with Gasteiger partial charge < -0.3 is 10.1 Å². The molecular weight excluding hydrogens is 242 g/mol. The van der Waals surface area contributed by atoms with E-state index in [1.807, 2.05) is 11.3 Å². The van der Waals surface area contributed by atoms with Crippen molar-refractivity contribution in [3.8, 4) is 0 Å². The molecule has 1 fully saturated rings. The molecule has 102 valence electrons. The predicted octanol–water partition coefficient (Wildman–Crippen LogP) is 3.83. The Bertz CT molecular complexity index is 386. The summed E-state index contributed by atoms with van der Waals surface area (Å²) in [5.41, 5.74) is 1.42. The molecule has 2 heterocycles. The van der Waals surface area contributed by atoms with Crippen LogP contribution in [0.1, 0.15) is 48.1 Å². The van der Waals surface area contributed by atoms with E-state index < -0.39 is 0 Å². The number of thiophene rings is 1. The Balaban J connectivity index is 2.10. The lowest BCUT2D eigenvalue weighted by molar-refractivity contribution is -0.0283. The van der Waals surface area contributed by atoms with Gasteiger partial charge in [-0.2, -0.15) is 0 Å². The van der Waals surface area contributed by atoms with Crippen LogP contribution in [0.4, 0.5) is 0 Å². The summed E-state index contributed by atoms with van der Waals surface area (Å²) in [6.07, 6.45) is 2.77. The molecule has 0 saturated carbocycles. The van der Waals surface area contributed by atoms with Gasteiger partial charge in [0.25, 0.3) is 0 Å². The molecule has 2 unspecified atom stereocenters. The van der Waals surface area contributed by atoms with Gasteiger partial charge in [-0.25, -0.2) is 0 Å². The lowest BCUT2D eigenvalue weighted by Crippen LogP contribution is -2.35. The van der Waals surface area contributed by atoms with Gasteiger partial charge in [0.15, 0.2) is 0 Å². The van der Waals surface area contributed by atoms with Gasteiger partial charge in [0.05, 0.1) is 6.10 Å². The number of aryl methyl sites for hydroxylation is 2. The quantitative estimate of drug-likeness (QED) is 0.895. The molecule has 2 rings (SSSR count). The highest BCUT2D eigenvalue weighted by atomic mass is 32.1. The van der Waals surface area contributed by atoms with E-state index in [2.05, 4.69) is 39.1 Å². The number of hydrogen-bond acceptors (Lipinski definition) is 3. The van der Waals surface area contributed by atoms with Crippen molar-refractivity contribution in [1.29, 1.82) is 0 Å². The molecular formula is C15H25NOS. The highest BCUT2D eigenvalue weighted by Gasteiger charge is 2.29. The van der Waals surface area contributed by atoms with Crippen molar-refractivity contribution in [1.82, 2.24) is 5.32 Å². The first-order chi connectivity index (χ1) is 8.58. The molecule has 0 radical (unpaired) electrons. The molecule has 1 saturated heterocycles. The lowest BCUT2D eigenvalue weighted by Gasteiger charge is -2.32. The van der Waals surface area contributed by atoms with Crippen molar-refractivity contribution < 1.29 is 4.74 Å². The Hall–Kier alpha value is -0.380. The average molecular weight is 267 g/mol. The standard InChI is InChI=1S/C15H25NOS/c1-10(2)16-9-13-6-5-7-17-15(13)14-8-11(3)18-12(14)4/h8,10,13,15-16H,5-7,9H2,1-4H3. The van der Waals surface area contributed by atoms with Crippen LogP contribution in [-0.4, -0.2) is 19.2 Å². The third-order valence-corrected chi connectivity index (χ3v) is 4.60. The Morgan fingerprint density at radius 2 is 2.22 bits per heavy atom. The van der Waals surface area contributed by atoms with Crippen molar-refractivity contribution in [3.05, 3.63) is 21.4 Å². The Labute approximate surface area is 115 Å². The zero-order chi connectivity index (χ0) is 13.1. The summed E-state index contributed by atoms with van der Waals surface area (Å²) < 4.78 is 6.07. The SMILES string of the molecule is Cc1cc(C2OCCCC2CNC(C)C)c(C)s1. The minimum absolute atomic E-state index is 0.301. The molecule has 1 aromatic rings. The van der Waals surface area contributed by atoms with E-state index in [9.17, 15) is 0 Å². The van der Waals surface area contributed by atoms with Crippen LogP contribution in [0.3, 0.4) is 0 Å². The normalized spacial score (nSPS) is 24.7. The van der Waals surface area contributed by atoms with E-state index in [-0.39, 0.29) is 0 Å². The molecule has 18 heavy (non-hydrogen) atoms. The molecule has 2 nitrogen and oxygen atoms in total. The van der Waals surface area contributed by atoms with Gasteiger partial charge in [0.2, 0.25) is 0 Å². The zero-order valence-electron chi connectivity index (χ0n) is 12.0. The summed E-state index contributed by atoms with van der Waals surface area (Å²) in [6, 6.07) is 2.87. The van der Waals surface area contributed by atoms with Crippen molar-refractivity contribution in [3.63, 3.8) is 0 Å². The van der Waals surface area contributed by atoms with Crippen LogP contribution in [0, 0.1) is 19.8 Å². The van der Waals surface area contributed by atoms with Gasteiger partial charge in [-0.05, 0) is 38.3 Å². The summed E-state index contributed by atoms with van der Waals surface area (Å²) >= 11 is 1.89. The van der Waals surface area contributed by atoms with Crippen LogP contribution in [0.2, 0.25) is 0 Å². The number of nitrogens with one attached hydrogen (secondary N) is 1. The number of hydrogen-bond donors (Lipinski definition) is 1. The lowest BCUT2D eigenvalue weighted by atomic mass is 9.89. The molecule has 0 amide bonds. The first-order valence-corrected chi connectivity index (χ1v) is 7.81. The first-order valence-electron chi connectivity index (χ1n) is 7.00. The molecule has 0 spiro atoms. The molecule has 0 aromatic carbocycles. The fourth-order valence-electron chi connectivity index (χ4n) is 2.72. The molecule has 0 bridgehead atoms. The first kappa shape index (κ1) is 14.0. The monoisotopic (exact) mass is 267 g/mol. The van der Waals surface area contributed by atoms with Crippen molar-refractivity contribution in [2.24, 2.45) is 5.92 Å². The van der Waals surface area contributed by atoms with Gasteiger partial charge in [-0.3, -0.25) is 0 Å². The smallest absolute Gasteiger partial charge is 0.0875 e. The van der Waals surface area contributed by atoms with E-state index in [0.29, 0.717) is 18.1 Å². The largest absolute Gasteiger partial charge is 0.373 e. The van der Waals surface area contributed by atoms with Gasteiger partial charge in [0.1, 0.15) is 0 Å². The Morgan fingerprint density at radius 3 is 2.83 bits per heavy atom. The third-order valence-electron chi connectivity index (χ3n) is 3.62. The Kier molecular flexibility index (Phi) is 4.82. The van der Waals surface area contributed by atoms with E-state index in [4.69, 9.17) is 4.74 Å². The van der Waals surface area contributed by atoms with Crippen LogP contribution in [-0.2, 0) is 4.74 Å². The summed E-state index contributed by atoms with van der Waals surface area (Å²) in [6.45, 7) is 10.8. The maximum absolute atomic E-state index is 6.07. The van der Waals surface area contributed by atoms with Crippen LogP contribution in [0.5, 0.6) is 0 Å². The van der Waals surface area contributed by atoms with Crippen LogP contribution in [0.15, 0.2) is 6.07 Å². The maximum Gasteiger partial charge on any atom is 0.0875 e. The highest BCUT2D eigenvalue weighted by Crippen LogP contribution is 2.37. The summed E-state index contributed by atoms with van der Waals surface area (Å²) in [4.78, 5) is 2.82. The van der Waals surface area contributed by atoms with E-state index in [0.717, 1.165) is 13.2 Å². The van der Waals surface area contributed by atoms with Crippen LogP contribution in [0.25, 0.3) is 0 Å². The van der Waals surface area contributed by atoms with Gasteiger partial charge in [0, 0.05) is 34.9 Å². The second-order valence-corrected chi connectivity index (χ2v) is 7.09. The zero-order valence-corrected chi connectivity index (χ0v) is 12.8. The number of ether oxygens (including phenoxy) is 1. The minimum Gasteiger partial charge on any atom is -0.373 e. The fourth-order valence-corrected chi connectivity index (χ4v) is 3.68. The van der Waals surface area contributed by atoms with Crippen molar-refractivity contribution in [2.75, 3.05) is 13.2 Å². The topological polar surface area (TPSA) is 21.3 Å². The molecule has 0 aliphatic carbocycles. The molecule has 2 atom stereocenters. The molecule has 1 aliphatic heterocycles. The molecule has 1 aliphatic rings. The predicted molar refractivity (Wildman–Crippen MR) is 78.3 cm³/mol. The second-order valence-electron chi connectivity index (χ2n) is 5.63. The number of rotatable bonds is 4. The van der Waals surface area contributed by atoms with Crippen molar-refractivity contribution in [2.45, 2.75) is 52.7 Å². The third kappa shape index (κ3) is 3.34. The van der Waals surface area contributed by atoms with E-state index in [1.54, 1.807) is 0 Å². The summed E-state index contributed by atoms with van der Waals surface area (Å²) in [5, 5.41) is 3.56. The second kappa shape index (κ2) is 6.18. The van der Waals surface area contributed by atoms with Gasteiger partial charge in [-0.1, -0.05) is 13.8 Å². The molecule has 1 aromatic heterocycles. The maximum atomic E-state index is 6.07. The summed E-state index contributed by atoms with van der Waals surface area (Å²) in [5.74, 6) is 0.619. The van der Waals surface area contributed by atoms with E-state index in [1.165, 1.54) is 28.2 Å². The van der Waals surface area contributed by atoms with E-state index >= 15 is 0 Å². The Morgan fingerprint density at radius 1 is 1.44 bits per heavy atom. The fraction of sp³-hybridized carbons (Fsp3) is 0.733. The molecule has 3 heteroatoms. The van der Waals surface area contributed by atoms with Crippen LogP contribution < -0.4 is 5.32 Å². The van der Waals surface area contributed by atoms with Crippen LogP contribution >= 0.6 is 11.3 Å². The van der Waals surface area contributed by atoms with Gasteiger partial charge >= 0.3 is 0 Å². The molecule has 1 N–H and O–H groups in total. The average Bonchev–Trinajstić information content (AvgIpc) is 2.66. The minimum atomic E-state index is 0.301.